The van der Waals surface area contributed by atoms with Gasteiger partial charge in [-0.3, -0.25) is 10.1 Å². The number of aryl methyl sites for hydroxylation is 2. The largest absolute Gasteiger partial charge is 0.378 e. The number of benzene rings is 1. The van der Waals surface area contributed by atoms with Gasteiger partial charge in [0.2, 0.25) is 11.8 Å². The quantitative estimate of drug-likeness (QED) is 0.656. The Morgan fingerprint density at radius 2 is 1.80 bits per heavy atom. The lowest BCUT2D eigenvalue weighted by Gasteiger charge is -2.05. The van der Waals surface area contributed by atoms with E-state index in [4.69, 9.17) is 23.1 Å². The summed E-state index contributed by atoms with van der Waals surface area (Å²) in [5.74, 6) is -0.284. The third-order valence-corrected chi connectivity index (χ3v) is 3.00. The van der Waals surface area contributed by atoms with Gasteiger partial charge in [0.25, 0.3) is 0 Å². The number of rotatable bonds is 4. The van der Waals surface area contributed by atoms with Gasteiger partial charge in [0.1, 0.15) is 5.69 Å². The molecule has 8 heteroatoms. The van der Waals surface area contributed by atoms with Crippen LogP contribution >= 0.6 is 11.6 Å². The molecule has 1 aromatic carbocycles. The molecule has 0 saturated heterocycles. The highest BCUT2D eigenvalue weighted by molar-refractivity contribution is 6.30. The van der Waals surface area contributed by atoms with E-state index in [-0.39, 0.29) is 23.1 Å². The molecular formula is C12H12ClN5O2. The van der Waals surface area contributed by atoms with Crippen molar-refractivity contribution >= 4 is 29.1 Å². The lowest BCUT2D eigenvalue weighted by atomic mass is 10.1. The van der Waals surface area contributed by atoms with Gasteiger partial charge in [-0.2, -0.15) is 4.98 Å². The van der Waals surface area contributed by atoms with E-state index in [2.05, 4.69) is 9.97 Å². The molecule has 0 saturated carbocycles. The van der Waals surface area contributed by atoms with E-state index in [1.807, 2.05) is 12.1 Å². The van der Waals surface area contributed by atoms with Crippen LogP contribution < -0.4 is 11.5 Å². The summed E-state index contributed by atoms with van der Waals surface area (Å²) in [5, 5.41) is 11.6. The van der Waals surface area contributed by atoms with Crippen molar-refractivity contribution in [3.05, 3.63) is 50.7 Å². The van der Waals surface area contributed by atoms with Gasteiger partial charge in [0, 0.05) is 11.4 Å². The van der Waals surface area contributed by atoms with Crippen LogP contribution in [-0.4, -0.2) is 14.9 Å². The number of nitro groups is 1. The summed E-state index contributed by atoms with van der Waals surface area (Å²) >= 11 is 5.79. The van der Waals surface area contributed by atoms with Gasteiger partial charge in [-0.1, -0.05) is 23.7 Å². The molecule has 2 aromatic rings. The predicted octanol–water partition coefficient (Wildman–Crippen LogP) is 1.99. The standard InChI is InChI=1S/C12H12ClN5O2/c13-8-4-1-7(2-5-8)3-6-9-10(18(19)20)11(14)17-12(15)16-9/h1-2,4-5H,3,6H2,(H4,14,15,16,17). The Bertz CT molecular complexity index is 645. The van der Waals surface area contributed by atoms with Gasteiger partial charge in [-0.15, -0.1) is 0 Å². The van der Waals surface area contributed by atoms with Gasteiger partial charge in [0.15, 0.2) is 0 Å². The minimum Gasteiger partial charge on any atom is -0.378 e. The van der Waals surface area contributed by atoms with Crippen molar-refractivity contribution in [3.63, 3.8) is 0 Å². The lowest BCUT2D eigenvalue weighted by Crippen LogP contribution is -2.09. The fraction of sp³-hybridized carbons (Fsp3) is 0.167. The Kier molecular flexibility index (Phi) is 3.99. The van der Waals surface area contributed by atoms with Crippen LogP contribution in [0.5, 0.6) is 0 Å². The van der Waals surface area contributed by atoms with E-state index in [1.165, 1.54) is 0 Å². The molecule has 1 aromatic heterocycles. The normalized spacial score (nSPS) is 10.4. The summed E-state index contributed by atoms with van der Waals surface area (Å²) in [4.78, 5) is 17.9. The van der Waals surface area contributed by atoms with Crippen molar-refractivity contribution in [2.24, 2.45) is 0 Å². The highest BCUT2D eigenvalue weighted by atomic mass is 35.5. The third-order valence-electron chi connectivity index (χ3n) is 2.75. The summed E-state index contributed by atoms with van der Waals surface area (Å²) in [6.45, 7) is 0. The maximum atomic E-state index is 11.0. The Hall–Kier alpha value is -2.41. The molecule has 0 aliphatic carbocycles. The topological polar surface area (TPSA) is 121 Å². The van der Waals surface area contributed by atoms with Gasteiger partial charge in [0.05, 0.1) is 4.92 Å². The molecule has 0 aliphatic rings. The van der Waals surface area contributed by atoms with E-state index in [9.17, 15) is 10.1 Å². The lowest BCUT2D eigenvalue weighted by molar-refractivity contribution is -0.385. The van der Waals surface area contributed by atoms with Crippen molar-refractivity contribution in [1.82, 2.24) is 9.97 Å². The number of hydrogen-bond acceptors (Lipinski definition) is 6. The van der Waals surface area contributed by atoms with E-state index in [1.54, 1.807) is 12.1 Å². The summed E-state index contributed by atoms with van der Waals surface area (Å²) < 4.78 is 0. The average molecular weight is 294 g/mol. The molecule has 20 heavy (non-hydrogen) atoms. The predicted molar refractivity (Wildman–Crippen MR) is 76.4 cm³/mol. The number of nitrogen functional groups attached to an aromatic ring is 2. The molecule has 7 nitrogen and oxygen atoms in total. The molecule has 4 N–H and O–H groups in total. The van der Waals surface area contributed by atoms with E-state index < -0.39 is 4.92 Å². The molecule has 0 spiro atoms. The number of nitrogens with zero attached hydrogens (tertiary/aromatic N) is 3. The fourth-order valence-corrected chi connectivity index (χ4v) is 1.95. The second-order valence-electron chi connectivity index (χ2n) is 4.15. The van der Waals surface area contributed by atoms with Crippen molar-refractivity contribution in [3.8, 4) is 0 Å². The summed E-state index contributed by atoms with van der Waals surface area (Å²) in [7, 11) is 0. The first-order valence-electron chi connectivity index (χ1n) is 5.78. The van der Waals surface area contributed by atoms with Crippen molar-refractivity contribution in [2.45, 2.75) is 12.8 Å². The maximum Gasteiger partial charge on any atom is 0.332 e. The molecule has 0 bridgehead atoms. The van der Waals surface area contributed by atoms with Crippen molar-refractivity contribution in [1.29, 1.82) is 0 Å². The summed E-state index contributed by atoms with van der Waals surface area (Å²) in [6, 6.07) is 7.21. The number of nitrogens with two attached hydrogens (primary N) is 2. The van der Waals surface area contributed by atoms with Crippen LogP contribution in [0.25, 0.3) is 0 Å². The van der Waals surface area contributed by atoms with Crippen molar-refractivity contribution in [2.75, 3.05) is 11.5 Å². The van der Waals surface area contributed by atoms with Crippen LogP contribution in [0.1, 0.15) is 11.3 Å². The monoisotopic (exact) mass is 293 g/mol. The Labute approximate surface area is 119 Å². The van der Waals surface area contributed by atoms with Gasteiger partial charge in [-0.25, -0.2) is 4.98 Å². The third kappa shape index (κ3) is 3.12. The van der Waals surface area contributed by atoms with E-state index >= 15 is 0 Å². The SMILES string of the molecule is Nc1nc(N)c([N+](=O)[O-])c(CCc2ccc(Cl)cc2)n1. The molecule has 0 amide bonds. The highest BCUT2D eigenvalue weighted by Crippen LogP contribution is 2.25. The Morgan fingerprint density at radius 3 is 2.40 bits per heavy atom. The van der Waals surface area contributed by atoms with Gasteiger partial charge >= 0.3 is 5.69 Å². The average Bonchev–Trinajstić information content (AvgIpc) is 2.36. The zero-order valence-corrected chi connectivity index (χ0v) is 11.2. The van der Waals surface area contributed by atoms with Crippen LogP contribution in [0, 0.1) is 10.1 Å². The Balaban J connectivity index is 2.24. The number of anilines is 2. The van der Waals surface area contributed by atoms with Crippen LogP contribution in [0.3, 0.4) is 0 Å². The zero-order chi connectivity index (χ0) is 14.7. The second-order valence-corrected chi connectivity index (χ2v) is 4.58. The zero-order valence-electron chi connectivity index (χ0n) is 10.4. The minimum atomic E-state index is -0.591. The molecule has 0 unspecified atom stereocenters. The minimum absolute atomic E-state index is 0.0702. The molecule has 0 aliphatic heterocycles. The molecule has 0 fully saturated rings. The van der Waals surface area contributed by atoms with Crippen LogP contribution in [0.2, 0.25) is 5.02 Å². The summed E-state index contributed by atoms with van der Waals surface area (Å²) in [5.41, 5.74) is 11.9. The summed E-state index contributed by atoms with van der Waals surface area (Å²) in [6.07, 6.45) is 0.906. The van der Waals surface area contributed by atoms with Crippen LogP contribution in [0.4, 0.5) is 17.5 Å². The molecule has 0 atom stereocenters. The highest BCUT2D eigenvalue weighted by Gasteiger charge is 2.21. The second kappa shape index (κ2) is 5.70. The first kappa shape index (κ1) is 14.0. The number of halogens is 1. The first-order valence-corrected chi connectivity index (χ1v) is 6.16. The Morgan fingerprint density at radius 1 is 1.15 bits per heavy atom. The first-order chi connectivity index (χ1) is 9.47. The number of hydrogen-bond donors (Lipinski definition) is 2. The smallest absolute Gasteiger partial charge is 0.332 e. The number of aromatic nitrogens is 2. The molecule has 1 heterocycles. The van der Waals surface area contributed by atoms with E-state index in [0.717, 1.165) is 5.56 Å². The van der Waals surface area contributed by atoms with Gasteiger partial charge in [-0.05, 0) is 24.1 Å². The van der Waals surface area contributed by atoms with E-state index in [0.29, 0.717) is 17.9 Å². The van der Waals surface area contributed by atoms with Crippen LogP contribution in [-0.2, 0) is 12.8 Å². The van der Waals surface area contributed by atoms with Crippen LogP contribution in [0.15, 0.2) is 24.3 Å². The fourth-order valence-electron chi connectivity index (χ4n) is 1.83. The molecule has 2 rings (SSSR count). The molecular weight excluding hydrogens is 282 g/mol. The molecule has 0 radical (unpaired) electrons. The molecule has 104 valence electrons. The maximum absolute atomic E-state index is 11.0. The van der Waals surface area contributed by atoms with Gasteiger partial charge < -0.3 is 11.5 Å². The van der Waals surface area contributed by atoms with Crippen molar-refractivity contribution < 1.29 is 4.92 Å².